The number of aromatic carboxylic acids is 1. The quantitative estimate of drug-likeness (QED) is 0.323. The standard InChI is InChI=1S/C27H48N6O2.5ClH/c34-27(35)26-20-24(22-32-15-3-11-28-7-1-8-29-12-4-16-32)19-25(21-26)23-33-17-5-13-30-9-2-10-31-14-6-18-33;;;;;/h19-21,28-31H,1-18,22-23H2,(H,34,35);5*1H. The topological polar surface area (TPSA) is 91.9 Å². The zero-order valence-corrected chi connectivity index (χ0v) is 27.7. The predicted molar refractivity (Wildman–Crippen MR) is 179 cm³/mol. The van der Waals surface area contributed by atoms with Crippen molar-refractivity contribution in [3.05, 3.63) is 34.9 Å². The Morgan fingerprint density at radius 1 is 0.550 bits per heavy atom. The van der Waals surface area contributed by atoms with Gasteiger partial charge in [-0.25, -0.2) is 4.79 Å². The molecule has 2 aliphatic rings. The second-order valence-corrected chi connectivity index (χ2v) is 10.0. The second-order valence-electron chi connectivity index (χ2n) is 10.0. The molecule has 1 aromatic carbocycles. The molecule has 0 aromatic heterocycles. The molecule has 0 unspecified atom stereocenters. The van der Waals surface area contributed by atoms with E-state index in [0.717, 1.165) is 128 Å². The molecule has 0 amide bonds. The molecule has 0 spiro atoms. The Labute approximate surface area is 273 Å². The Hall–Kier alpha value is -0.1000. The van der Waals surface area contributed by atoms with Gasteiger partial charge in [0.25, 0.3) is 0 Å². The maximum absolute atomic E-state index is 11.9. The minimum absolute atomic E-state index is 0. The number of nitrogens with zero attached hydrogens (tertiary/aromatic N) is 2. The number of benzene rings is 1. The molecule has 2 aliphatic heterocycles. The van der Waals surface area contributed by atoms with Gasteiger partial charge in [0.2, 0.25) is 0 Å². The van der Waals surface area contributed by atoms with E-state index in [1.54, 1.807) is 0 Å². The van der Waals surface area contributed by atoms with Crippen LogP contribution in [0.4, 0.5) is 0 Å². The van der Waals surface area contributed by atoms with Crippen molar-refractivity contribution in [2.75, 3.05) is 78.5 Å². The average Bonchev–Trinajstić information content (AvgIpc) is 2.82. The molecule has 3 rings (SSSR count). The van der Waals surface area contributed by atoms with Gasteiger partial charge in [0, 0.05) is 13.1 Å². The molecule has 13 heteroatoms. The van der Waals surface area contributed by atoms with Crippen LogP contribution in [0.3, 0.4) is 0 Å². The highest BCUT2D eigenvalue weighted by Crippen LogP contribution is 2.16. The lowest BCUT2D eigenvalue weighted by molar-refractivity contribution is 0.0696. The van der Waals surface area contributed by atoms with Gasteiger partial charge in [-0.05, 0) is 140 Å². The lowest BCUT2D eigenvalue weighted by atomic mass is 10.0. The minimum atomic E-state index is -0.836. The number of carboxylic acids is 1. The molecule has 40 heavy (non-hydrogen) atoms. The van der Waals surface area contributed by atoms with Crippen LogP contribution in [0.2, 0.25) is 0 Å². The summed E-state index contributed by atoms with van der Waals surface area (Å²) in [5, 5.41) is 23.9. The third kappa shape index (κ3) is 19.2. The molecule has 238 valence electrons. The Kier molecular flexibility index (Phi) is 30.7. The van der Waals surface area contributed by atoms with Crippen molar-refractivity contribution in [2.45, 2.75) is 51.6 Å². The lowest BCUT2D eigenvalue weighted by Gasteiger charge is -2.25. The summed E-state index contributed by atoms with van der Waals surface area (Å²) in [5.41, 5.74) is 2.64. The molecule has 0 radical (unpaired) electrons. The van der Waals surface area contributed by atoms with Crippen molar-refractivity contribution in [2.24, 2.45) is 0 Å². The highest BCUT2D eigenvalue weighted by atomic mass is 35.5. The van der Waals surface area contributed by atoms with Crippen LogP contribution in [0, 0.1) is 0 Å². The van der Waals surface area contributed by atoms with Crippen LogP contribution in [0.1, 0.15) is 60.0 Å². The molecule has 1 aromatic rings. The van der Waals surface area contributed by atoms with E-state index in [-0.39, 0.29) is 62.0 Å². The van der Waals surface area contributed by atoms with Gasteiger partial charge in [-0.15, -0.1) is 62.0 Å². The van der Waals surface area contributed by atoms with Crippen molar-refractivity contribution >= 4 is 68.0 Å². The highest BCUT2D eigenvalue weighted by Gasteiger charge is 2.14. The fourth-order valence-corrected chi connectivity index (χ4v) is 5.01. The third-order valence-electron chi connectivity index (χ3n) is 6.84. The minimum Gasteiger partial charge on any atom is -0.478 e. The average molecular weight is 671 g/mol. The van der Waals surface area contributed by atoms with E-state index in [1.165, 1.54) is 12.8 Å². The second kappa shape index (κ2) is 27.7. The van der Waals surface area contributed by atoms with Crippen LogP contribution in [-0.2, 0) is 13.1 Å². The molecule has 0 atom stereocenters. The first-order valence-corrected chi connectivity index (χ1v) is 13.8. The largest absolute Gasteiger partial charge is 0.478 e. The molecule has 0 aliphatic carbocycles. The fraction of sp³-hybridized carbons (Fsp3) is 0.741. The van der Waals surface area contributed by atoms with E-state index in [2.05, 4.69) is 37.1 Å². The summed E-state index contributed by atoms with van der Waals surface area (Å²) < 4.78 is 0. The van der Waals surface area contributed by atoms with Gasteiger partial charge in [-0.3, -0.25) is 9.80 Å². The number of hydrogen-bond donors (Lipinski definition) is 5. The van der Waals surface area contributed by atoms with Gasteiger partial charge in [-0.2, -0.15) is 0 Å². The Bertz CT molecular complexity index is 679. The molecule has 0 bridgehead atoms. The van der Waals surface area contributed by atoms with Crippen LogP contribution in [-0.4, -0.2) is 99.4 Å². The van der Waals surface area contributed by atoms with Crippen molar-refractivity contribution in [3.8, 4) is 0 Å². The molecule has 2 heterocycles. The first kappa shape index (κ1) is 44.3. The van der Waals surface area contributed by atoms with Crippen molar-refractivity contribution in [1.82, 2.24) is 31.1 Å². The molecular formula is C27H53Cl5N6O2. The monoisotopic (exact) mass is 668 g/mol. The summed E-state index contributed by atoms with van der Waals surface area (Å²) in [6, 6.07) is 6.00. The van der Waals surface area contributed by atoms with Crippen LogP contribution >= 0.6 is 62.0 Å². The maximum atomic E-state index is 11.9. The Morgan fingerprint density at radius 3 is 1.15 bits per heavy atom. The summed E-state index contributed by atoms with van der Waals surface area (Å²) >= 11 is 0. The summed E-state index contributed by atoms with van der Waals surface area (Å²) in [4.78, 5) is 16.9. The molecular weight excluding hydrogens is 618 g/mol. The number of rotatable bonds is 5. The van der Waals surface area contributed by atoms with Gasteiger partial charge >= 0.3 is 5.97 Å². The van der Waals surface area contributed by atoms with Gasteiger partial charge in [0.05, 0.1) is 5.56 Å². The van der Waals surface area contributed by atoms with Crippen LogP contribution in [0.15, 0.2) is 18.2 Å². The SMILES string of the molecule is Cl.Cl.Cl.Cl.Cl.O=C(O)c1cc(CN2CCCNCCCNCCC2)cc(CN2CCCNCCCNCCC2)c1. The Morgan fingerprint density at radius 2 is 0.850 bits per heavy atom. The zero-order valence-electron chi connectivity index (χ0n) is 23.7. The lowest BCUT2D eigenvalue weighted by Crippen LogP contribution is -2.33. The van der Waals surface area contributed by atoms with E-state index in [1.807, 2.05) is 12.1 Å². The molecule has 2 fully saturated rings. The van der Waals surface area contributed by atoms with Gasteiger partial charge in [0.15, 0.2) is 0 Å². The van der Waals surface area contributed by atoms with Crippen LogP contribution in [0.5, 0.6) is 0 Å². The predicted octanol–water partition coefficient (Wildman–Crippen LogP) is 3.82. The van der Waals surface area contributed by atoms with Crippen molar-refractivity contribution < 1.29 is 9.90 Å². The summed E-state index contributed by atoms with van der Waals surface area (Å²) in [5.74, 6) is -0.836. The van der Waals surface area contributed by atoms with E-state index < -0.39 is 5.97 Å². The molecule has 5 N–H and O–H groups in total. The molecule has 2 saturated heterocycles. The van der Waals surface area contributed by atoms with E-state index >= 15 is 0 Å². The first-order chi connectivity index (χ1) is 17.2. The zero-order chi connectivity index (χ0) is 24.6. The molecule has 0 saturated carbocycles. The van der Waals surface area contributed by atoms with E-state index in [0.29, 0.717) is 5.56 Å². The van der Waals surface area contributed by atoms with E-state index in [9.17, 15) is 9.90 Å². The summed E-state index contributed by atoms with van der Waals surface area (Å²) in [6.07, 6.45) is 6.84. The summed E-state index contributed by atoms with van der Waals surface area (Å²) in [6.45, 7) is 14.2. The first-order valence-electron chi connectivity index (χ1n) is 13.8. The maximum Gasteiger partial charge on any atom is 0.335 e. The summed E-state index contributed by atoms with van der Waals surface area (Å²) in [7, 11) is 0. The smallest absolute Gasteiger partial charge is 0.335 e. The number of nitrogens with one attached hydrogen (secondary N) is 4. The van der Waals surface area contributed by atoms with Gasteiger partial charge in [-0.1, -0.05) is 6.07 Å². The van der Waals surface area contributed by atoms with E-state index in [4.69, 9.17) is 0 Å². The number of halogens is 5. The fourth-order valence-electron chi connectivity index (χ4n) is 5.01. The number of carboxylic acid groups (broad SMARTS) is 1. The van der Waals surface area contributed by atoms with Crippen molar-refractivity contribution in [3.63, 3.8) is 0 Å². The normalized spacial score (nSPS) is 19.0. The van der Waals surface area contributed by atoms with Gasteiger partial charge in [0.1, 0.15) is 0 Å². The highest BCUT2D eigenvalue weighted by molar-refractivity contribution is 5.88. The van der Waals surface area contributed by atoms with Crippen LogP contribution in [0.25, 0.3) is 0 Å². The van der Waals surface area contributed by atoms with Crippen LogP contribution < -0.4 is 21.3 Å². The number of hydrogen-bond acceptors (Lipinski definition) is 7. The molecule has 8 nitrogen and oxygen atoms in total. The van der Waals surface area contributed by atoms with Gasteiger partial charge < -0.3 is 26.4 Å². The van der Waals surface area contributed by atoms with Crippen molar-refractivity contribution in [1.29, 1.82) is 0 Å². The Balaban J connectivity index is -0.00000274. The number of carbonyl (C=O) groups is 1. The third-order valence-corrected chi connectivity index (χ3v) is 6.84.